The Kier molecular flexibility index (Phi) is 4.72. The Hall–Kier alpha value is -1.40. The molecular formula is C12H16N2O3S. The van der Waals surface area contributed by atoms with Crippen molar-refractivity contribution in [3.63, 3.8) is 0 Å². The van der Waals surface area contributed by atoms with Gasteiger partial charge in [-0.2, -0.15) is 0 Å². The van der Waals surface area contributed by atoms with Crippen LogP contribution >= 0.6 is 11.3 Å². The summed E-state index contributed by atoms with van der Waals surface area (Å²) in [4.78, 5) is 29.2. The summed E-state index contributed by atoms with van der Waals surface area (Å²) >= 11 is 1.39. The van der Waals surface area contributed by atoms with Crippen molar-refractivity contribution in [3.8, 4) is 0 Å². The average Bonchev–Trinajstić information content (AvgIpc) is 2.93. The van der Waals surface area contributed by atoms with Crippen LogP contribution in [-0.2, 0) is 9.63 Å². The highest BCUT2D eigenvalue weighted by Crippen LogP contribution is 2.09. The van der Waals surface area contributed by atoms with Crippen molar-refractivity contribution < 1.29 is 14.4 Å². The van der Waals surface area contributed by atoms with Gasteiger partial charge in [-0.05, 0) is 24.3 Å². The van der Waals surface area contributed by atoms with Crippen molar-refractivity contribution >= 4 is 23.2 Å². The fourth-order valence-electron chi connectivity index (χ4n) is 1.70. The molecule has 0 bridgehead atoms. The van der Waals surface area contributed by atoms with Gasteiger partial charge in [-0.15, -0.1) is 11.3 Å². The Morgan fingerprint density at radius 2 is 2.33 bits per heavy atom. The second-order valence-electron chi connectivity index (χ2n) is 4.02. The highest BCUT2D eigenvalue weighted by molar-refractivity contribution is 7.12. The van der Waals surface area contributed by atoms with E-state index in [0.717, 1.165) is 12.8 Å². The van der Waals surface area contributed by atoms with Crippen LogP contribution in [0.5, 0.6) is 0 Å². The van der Waals surface area contributed by atoms with Crippen molar-refractivity contribution in [2.45, 2.75) is 19.3 Å². The highest BCUT2D eigenvalue weighted by Gasteiger charge is 2.17. The second-order valence-corrected chi connectivity index (χ2v) is 4.97. The minimum atomic E-state index is -0.127. The lowest BCUT2D eigenvalue weighted by Gasteiger charge is -2.25. The minimum absolute atomic E-state index is 0.0684. The van der Waals surface area contributed by atoms with Gasteiger partial charge >= 0.3 is 0 Å². The fourth-order valence-corrected chi connectivity index (χ4v) is 2.34. The average molecular weight is 268 g/mol. The molecule has 0 aromatic carbocycles. The molecule has 2 amide bonds. The van der Waals surface area contributed by atoms with Gasteiger partial charge < -0.3 is 5.32 Å². The smallest absolute Gasteiger partial charge is 0.261 e. The van der Waals surface area contributed by atoms with E-state index in [4.69, 9.17) is 4.84 Å². The molecule has 2 heterocycles. The molecule has 1 aliphatic rings. The molecule has 5 nitrogen and oxygen atoms in total. The third kappa shape index (κ3) is 3.54. The molecule has 0 unspecified atom stereocenters. The molecule has 0 radical (unpaired) electrons. The number of hydrogen-bond donors (Lipinski definition) is 1. The van der Waals surface area contributed by atoms with Gasteiger partial charge in [-0.3, -0.25) is 14.4 Å². The predicted molar refractivity (Wildman–Crippen MR) is 68.2 cm³/mol. The zero-order chi connectivity index (χ0) is 12.8. The zero-order valence-corrected chi connectivity index (χ0v) is 10.9. The normalized spacial score (nSPS) is 15.4. The molecule has 0 saturated carbocycles. The van der Waals surface area contributed by atoms with E-state index in [0.29, 0.717) is 24.6 Å². The molecule has 0 aliphatic carbocycles. The van der Waals surface area contributed by atoms with Crippen molar-refractivity contribution in [1.82, 2.24) is 10.4 Å². The van der Waals surface area contributed by atoms with Crippen molar-refractivity contribution in [1.29, 1.82) is 0 Å². The topological polar surface area (TPSA) is 58.6 Å². The van der Waals surface area contributed by atoms with Crippen LogP contribution in [0.1, 0.15) is 28.9 Å². The van der Waals surface area contributed by atoms with Crippen LogP contribution in [0.25, 0.3) is 0 Å². The van der Waals surface area contributed by atoms with E-state index in [-0.39, 0.29) is 18.2 Å². The van der Waals surface area contributed by atoms with Gasteiger partial charge in [0.05, 0.1) is 11.5 Å². The maximum Gasteiger partial charge on any atom is 0.261 e. The quantitative estimate of drug-likeness (QED) is 0.898. The molecule has 2 rings (SSSR count). The van der Waals surface area contributed by atoms with E-state index in [2.05, 4.69) is 5.32 Å². The maximum absolute atomic E-state index is 11.7. The Morgan fingerprint density at radius 3 is 3.00 bits per heavy atom. The fraction of sp³-hybridized carbons (Fsp3) is 0.500. The summed E-state index contributed by atoms with van der Waals surface area (Å²) in [6.07, 6.45) is 2.25. The summed E-state index contributed by atoms with van der Waals surface area (Å²) in [5.74, 6) is -0.196. The van der Waals surface area contributed by atoms with Crippen LogP contribution in [0.3, 0.4) is 0 Å². The molecule has 98 valence electrons. The van der Waals surface area contributed by atoms with E-state index < -0.39 is 0 Å². The van der Waals surface area contributed by atoms with E-state index in [9.17, 15) is 9.59 Å². The number of nitrogens with zero attached hydrogens (tertiary/aromatic N) is 1. The maximum atomic E-state index is 11.7. The second kappa shape index (κ2) is 6.51. The largest absolute Gasteiger partial charge is 0.351 e. The molecule has 1 aromatic heterocycles. The van der Waals surface area contributed by atoms with Crippen LogP contribution in [-0.4, -0.2) is 36.6 Å². The van der Waals surface area contributed by atoms with Crippen molar-refractivity contribution in [2.24, 2.45) is 0 Å². The lowest BCUT2D eigenvalue weighted by Crippen LogP contribution is -2.37. The molecule has 6 heteroatoms. The third-order valence-electron chi connectivity index (χ3n) is 2.65. The third-order valence-corrected chi connectivity index (χ3v) is 3.52. The van der Waals surface area contributed by atoms with Gasteiger partial charge in [-0.25, -0.2) is 5.06 Å². The number of hydroxylamine groups is 2. The zero-order valence-electron chi connectivity index (χ0n) is 10.1. The number of carbonyl (C=O) groups is 2. The van der Waals surface area contributed by atoms with Gasteiger partial charge in [-0.1, -0.05) is 6.07 Å². The minimum Gasteiger partial charge on any atom is -0.351 e. The molecule has 0 atom stereocenters. The van der Waals surface area contributed by atoms with Gasteiger partial charge in [0.15, 0.2) is 0 Å². The monoisotopic (exact) mass is 268 g/mol. The number of carbonyl (C=O) groups excluding carboxylic acids is 2. The lowest BCUT2D eigenvalue weighted by molar-refractivity contribution is -0.196. The highest BCUT2D eigenvalue weighted by atomic mass is 32.1. The van der Waals surface area contributed by atoms with Gasteiger partial charge in [0.25, 0.3) is 5.91 Å². The molecule has 18 heavy (non-hydrogen) atoms. The molecule has 1 aliphatic heterocycles. The number of thiophene rings is 1. The SMILES string of the molecule is O=C(NCCC(=O)N1CCCCO1)c1cccs1. The Labute approximate surface area is 110 Å². The summed E-state index contributed by atoms with van der Waals surface area (Å²) in [5, 5.41) is 5.98. The molecular weight excluding hydrogens is 252 g/mol. The first kappa shape index (κ1) is 13.0. The Bertz CT molecular complexity index is 399. The number of amides is 2. The Balaban J connectivity index is 1.68. The van der Waals surface area contributed by atoms with Crippen LogP contribution < -0.4 is 5.32 Å². The van der Waals surface area contributed by atoms with Gasteiger partial charge in [0.1, 0.15) is 0 Å². The first-order chi connectivity index (χ1) is 8.77. The molecule has 1 aromatic rings. The molecule has 0 spiro atoms. The Morgan fingerprint density at radius 1 is 1.44 bits per heavy atom. The number of hydrogen-bond acceptors (Lipinski definition) is 4. The van der Waals surface area contributed by atoms with Crippen molar-refractivity contribution in [3.05, 3.63) is 22.4 Å². The predicted octanol–water partition coefficient (Wildman–Crippen LogP) is 1.42. The summed E-state index contributed by atoms with van der Waals surface area (Å²) in [7, 11) is 0. The van der Waals surface area contributed by atoms with Crippen molar-refractivity contribution in [2.75, 3.05) is 19.7 Å². The summed E-state index contributed by atoms with van der Waals surface area (Å²) in [5.41, 5.74) is 0. The summed E-state index contributed by atoms with van der Waals surface area (Å²) in [6.45, 7) is 1.60. The van der Waals surface area contributed by atoms with Gasteiger partial charge in [0, 0.05) is 19.5 Å². The van der Waals surface area contributed by atoms with E-state index in [1.807, 2.05) is 11.4 Å². The standard InChI is InChI=1S/C12H16N2O3S/c15-11(14-7-1-2-8-17-14)5-6-13-12(16)10-4-3-9-18-10/h3-4,9H,1-2,5-8H2,(H,13,16). The first-order valence-corrected chi connectivity index (χ1v) is 6.90. The molecule has 1 N–H and O–H groups in total. The number of nitrogens with one attached hydrogen (secondary N) is 1. The first-order valence-electron chi connectivity index (χ1n) is 6.02. The van der Waals surface area contributed by atoms with Crippen LogP contribution in [0.15, 0.2) is 17.5 Å². The molecule has 1 fully saturated rings. The lowest BCUT2D eigenvalue weighted by atomic mass is 10.3. The van der Waals surface area contributed by atoms with E-state index in [1.165, 1.54) is 16.4 Å². The number of rotatable bonds is 4. The van der Waals surface area contributed by atoms with Crippen LogP contribution in [0, 0.1) is 0 Å². The van der Waals surface area contributed by atoms with E-state index in [1.54, 1.807) is 6.07 Å². The molecule has 1 saturated heterocycles. The van der Waals surface area contributed by atoms with Gasteiger partial charge in [0.2, 0.25) is 5.91 Å². The van der Waals surface area contributed by atoms with Crippen LogP contribution in [0.2, 0.25) is 0 Å². The summed E-state index contributed by atoms with van der Waals surface area (Å²) in [6, 6.07) is 3.59. The summed E-state index contributed by atoms with van der Waals surface area (Å²) < 4.78 is 0. The van der Waals surface area contributed by atoms with Crippen LogP contribution in [0.4, 0.5) is 0 Å². The van der Waals surface area contributed by atoms with E-state index >= 15 is 0 Å².